The number of aliphatic hydroxyl groups is 2. The number of ketones is 1. The summed E-state index contributed by atoms with van der Waals surface area (Å²) in [5, 5.41) is 17.8. The zero-order valence-electron chi connectivity index (χ0n) is 6.51. The van der Waals surface area contributed by atoms with Gasteiger partial charge >= 0.3 is 0 Å². The Hall–Kier alpha value is -0.940. The third-order valence-corrected chi connectivity index (χ3v) is 2.03. The number of carbonyl (C=O) groups is 2. The van der Waals surface area contributed by atoms with Crippen LogP contribution < -0.4 is 0 Å². The summed E-state index contributed by atoms with van der Waals surface area (Å²) in [5.74, 6) is -0.507. The lowest BCUT2D eigenvalue weighted by molar-refractivity contribution is -0.134. The van der Waals surface area contributed by atoms with Crippen LogP contribution in [0.25, 0.3) is 0 Å². The number of aliphatic hydroxyl groups excluding tert-OH is 2. The molecule has 1 aliphatic heterocycles. The Kier molecular flexibility index (Phi) is 2.78. The van der Waals surface area contributed by atoms with Crippen LogP contribution in [0.15, 0.2) is 0 Å². The molecule has 0 aliphatic carbocycles. The van der Waals surface area contributed by atoms with Gasteiger partial charge in [-0.05, 0) is 6.42 Å². The minimum atomic E-state index is -0.840. The van der Waals surface area contributed by atoms with E-state index < -0.39 is 24.5 Å². The third kappa shape index (κ3) is 1.46. The fourth-order valence-corrected chi connectivity index (χ4v) is 1.41. The number of Topliss-reactive ketones (excluding diaryl/α,β-unsaturated/α-hetero) is 1. The molecular formula is C7H11NO4. The molecule has 12 heavy (non-hydrogen) atoms. The van der Waals surface area contributed by atoms with Crippen LogP contribution in [0.5, 0.6) is 0 Å². The van der Waals surface area contributed by atoms with Crippen molar-refractivity contribution in [2.24, 2.45) is 0 Å². The summed E-state index contributed by atoms with van der Waals surface area (Å²) in [5.41, 5.74) is 0. The fraction of sp³-hybridized carbons (Fsp3) is 0.714. The summed E-state index contributed by atoms with van der Waals surface area (Å²) in [6, 6.07) is -0.840. The second-order valence-corrected chi connectivity index (χ2v) is 2.77. The number of likely N-dealkylation sites (tertiary alicyclic amines) is 1. The van der Waals surface area contributed by atoms with Crippen LogP contribution in [-0.4, -0.2) is 52.6 Å². The van der Waals surface area contributed by atoms with Gasteiger partial charge in [-0.3, -0.25) is 9.59 Å². The Balaban J connectivity index is 2.69. The van der Waals surface area contributed by atoms with Crippen molar-refractivity contribution >= 4 is 12.2 Å². The van der Waals surface area contributed by atoms with Crippen molar-refractivity contribution in [3.63, 3.8) is 0 Å². The minimum absolute atomic E-state index is 0.376. The number of hydrogen-bond donors (Lipinski definition) is 2. The monoisotopic (exact) mass is 173 g/mol. The molecule has 0 bridgehead atoms. The van der Waals surface area contributed by atoms with Crippen molar-refractivity contribution < 1.29 is 19.8 Å². The van der Waals surface area contributed by atoms with Gasteiger partial charge in [0.15, 0.2) is 5.78 Å². The van der Waals surface area contributed by atoms with Gasteiger partial charge in [0, 0.05) is 6.54 Å². The van der Waals surface area contributed by atoms with Gasteiger partial charge in [-0.1, -0.05) is 0 Å². The highest BCUT2D eigenvalue weighted by atomic mass is 16.3. The lowest BCUT2D eigenvalue weighted by Crippen LogP contribution is -2.42. The second-order valence-electron chi connectivity index (χ2n) is 2.77. The summed E-state index contributed by atoms with van der Waals surface area (Å²) in [6.07, 6.45) is 0.0960. The molecule has 2 N–H and O–H groups in total. The van der Waals surface area contributed by atoms with Crippen molar-refractivity contribution in [2.45, 2.75) is 18.6 Å². The van der Waals surface area contributed by atoms with Gasteiger partial charge in [0.05, 0.1) is 6.10 Å². The van der Waals surface area contributed by atoms with Gasteiger partial charge in [0.25, 0.3) is 0 Å². The van der Waals surface area contributed by atoms with Crippen LogP contribution in [0.4, 0.5) is 0 Å². The zero-order valence-corrected chi connectivity index (χ0v) is 6.51. The molecule has 5 heteroatoms. The molecule has 1 fully saturated rings. The molecule has 0 aromatic carbocycles. The molecule has 0 aromatic heterocycles. The van der Waals surface area contributed by atoms with Gasteiger partial charge < -0.3 is 15.1 Å². The predicted octanol–water partition coefficient (Wildman–Crippen LogP) is -1.86. The van der Waals surface area contributed by atoms with Gasteiger partial charge in [-0.25, -0.2) is 0 Å². The first-order chi connectivity index (χ1) is 5.70. The molecule has 68 valence electrons. The first-order valence-electron chi connectivity index (χ1n) is 3.73. The molecule has 2 unspecified atom stereocenters. The van der Waals surface area contributed by atoms with E-state index in [2.05, 4.69) is 0 Å². The van der Waals surface area contributed by atoms with Crippen LogP contribution in [0.2, 0.25) is 0 Å². The number of nitrogens with zero attached hydrogens (tertiary/aromatic N) is 1. The van der Waals surface area contributed by atoms with E-state index in [1.165, 1.54) is 4.90 Å². The third-order valence-electron chi connectivity index (χ3n) is 2.03. The zero-order chi connectivity index (χ0) is 9.14. The number of carbonyl (C=O) groups excluding carboxylic acids is 2. The van der Waals surface area contributed by atoms with E-state index in [1.54, 1.807) is 0 Å². The molecule has 0 aromatic rings. The van der Waals surface area contributed by atoms with Crippen LogP contribution in [0.3, 0.4) is 0 Å². The van der Waals surface area contributed by atoms with E-state index in [4.69, 9.17) is 5.11 Å². The van der Waals surface area contributed by atoms with Gasteiger partial charge in [-0.15, -0.1) is 0 Å². The quantitative estimate of drug-likeness (QED) is 0.490. The maximum absolute atomic E-state index is 11.0. The molecule has 1 aliphatic rings. The maximum atomic E-state index is 11.0. The summed E-state index contributed by atoms with van der Waals surface area (Å²) in [6.45, 7) is -0.257. The molecule has 0 radical (unpaired) electrons. The maximum Gasteiger partial charge on any atom is 0.210 e. The molecule has 1 heterocycles. The topological polar surface area (TPSA) is 77.8 Å². The van der Waals surface area contributed by atoms with Crippen LogP contribution >= 0.6 is 0 Å². The Morgan fingerprint density at radius 3 is 2.83 bits per heavy atom. The molecule has 1 rings (SSSR count). The van der Waals surface area contributed by atoms with E-state index >= 15 is 0 Å². The van der Waals surface area contributed by atoms with Crippen molar-refractivity contribution in [1.82, 2.24) is 4.90 Å². The largest absolute Gasteiger partial charge is 0.390 e. The highest BCUT2D eigenvalue weighted by Gasteiger charge is 2.36. The molecule has 0 saturated carbocycles. The Morgan fingerprint density at radius 1 is 1.67 bits per heavy atom. The molecule has 1 amide bonds. The van der Waals surface area contributed by atoms with Gasteiger partial charge in [0.2, 0.25) is 6.41 Å². The van der Waals surface area contributed by atoms with Crippen LogP contribution in [-0.2, 0) is 9.59 Å². The summed E-state index contributed by atoms with van der Waals surface area (Å²) >= 11 is 0. The normalized spacial score (nSPS) is 29.0. The molecule has 0 spiro atoms. The average molecular weight is 173 g/mol. The Morgan fingerprint density at radius 2 is 2.33 bits per heavy atom. The van der Waals surface area contributed by atoms with Gasteiger partial charge in [-0.2, -0.15) is 0 Å². The molecule has 1 saturated heterocycles. The minimum Gasteiger partial charge on any atom is -0.390 e. The van der Waals surface area contributed by atoms with E-state index in [9.17, 15) is 14.7 Å². The summed E-state index contributed by atoms with van der Waals surface area (Å²) < 4.78 is 0. The SMILES string of the molecule is O=CN1CCC(O)C1C(=O)CO. The van der Waals surface area contributed by atoms with E-state index in [0.29, 0.717) is 19.4 Å². The Bertz CT molecular complexity index is 194. The first kappa shape index (κ1) is 9.15. The van der Waals surface area contributed by atoms with E-state index in [0.717, 1.165) is 0 Å². The Labute approximate surface area is 69.6 Å². The summed E-state index contributed by atoms with van der Waals surface area (Å²) in [4.78, 5) is 22.6. The first-order valence-corrected chi connectivity index (χ1v) is 3.73. The number of amides is 1. The smallest absolute Gasteiger partial charge is 0.210 e. The second kappa shape index (κ2) is 3.64. The predicted molar refractivity (Wildman–Crippen MR) is 39.3 cm³/mol. The van der Waals surface area contributed by atoms with Gasteiger partial charge in [0.1, 0.15) is 12.6 Å². The lowest BCUT2D eigenvalue weighted by atomic mass is 10.1. The standard InChI is InChI=1S/C7H11NO4/c9-3-6(12)7-5(11)1-2-8(7)4-10/h4-5,7,9,11H,1-3H2. The highest BCUT2D eigenvalue weighted by Crippen LogP contribution is 2.16. The number of rotatable bonds is 3. The highest BCUT2D eigenvalue weighted by molar-refractivity contribution is 5.87. The van der Waals surface area contributed by atoms with E-state index in [1.807, 2.05) is 0 Å². The molecule has 2 atom stereocenters. The lowest BCUT2D eigenvalue weighted by Gasteiger charge is -2.19. The van der Waals surface area contributed by atoms with Crippen molar-refractivity contribution in [2.75, 3.05) is 13.2 Å². The molecular weight excluding hydrogens is 162 g/mol. The van der Waals surface area contributed by atoms with Crippen molar-refractivity contribution in [1.29, 1.82) is 0 Å². The van der Waals surface area contributed by atoms with Crippen molar-refractivity contribution in [3.05, 3.63) is 0 Å². The molecule has 5 nitrogen and oxygen atoms in total. The van der Waals surface area contributed by atoms with Crippen LogP contribution in [0, 0.1) is 0 Å². The van der Waals surface area contributed by atoms with E-state index in [-0.39, 0.29) is 0 Å². The number of hydrogen-bond acceptors (Lipinski definition) is 4. The average Bonchev–Trinajstić information content (AvgIpc) is 2.45. The fourth-order valence-electron chi connectivity index (χ4n) is 1.41. The van der Waals surface area contributed by atoms with Crippen LogP contribution in [0.1, 0.15) is 6.42 Å². The summed E-state index contributed by atoms with van der Waals surface area (Å²) in [7, 11) is 0. The van der Waals surface area contributed by atoms with Crippen molar-refractivity contribution in [3.8, 4) is 0 Å².